The van der Waals surface area contributed by atoms with Crippen molar-refractivity contribution < 1.29 is 27.8 Å². The van der Waals surface area contributed by atoms with Gasteiger partial charge in [0.05, 0.1) is 19.1 Å². The summed E-state index contributed by atoms with van der Waals surface area (Å²) in [6.45, 7) is 2.71. The molecule has 0 radical (unpaired) electrons. The van der Waals surface area contributed by atoms with Crippen molar-refractivity contribution in [3.63, 3.8) is 0 Å². The number of alkyl halides is 2. The van der Waals surface area contributed by atoms with E-state index < -0.39 is 29.6 Å². The van der Waals surface area contributed by atoms with Crippen molar-refractivity contribution in [3.8, 4) is 5.75 Å². The molecule has 0 fully saturated rings. The maximum atomic E-state index is 14.2. The number of hydrogen-bond acceptors (Lipinski definition) is 4. The van der Waals surface area contributed by atoms with E-state index in [4.69, 9.17) is 4.74 Å². The fourth-order valence-electron chi connectivity index (χ4n) is 2.90. The molecule has 1 heterocycles. The number of hydrogen-bond donors (Lipinski definition) is 0. The molecule has 0 spiro atoms. The number of carbonyl (C=O) groups excluding carboxylic acids is 2. The van der Waals surface area contributed by atoms with E-state index in [0.717, 1.165) is 0 Å². The molecule has 0 bridgehead atoms. The van der Waals surface area contributed by atoms with E-state index in [0.29, 0.717) is 17.0 Å². The van der Waals surface area contributed by atoms with Crippen LogP contribution in [0.5, 0.6) is 5.75 Å². The van der Waals surface area contributed by atoms with Gasteiger partial charge in [-0.1, -0.05) is 0 Å². The second-order valence-corrected chi connectivity index (χ2v) is 5.68. The van der Waals surface area contributed by atoms with Crippen molar-refractivity contribution in [2.24, 2.45) is 0 Å². The lowest BCUT2D eigenvalue weighted by atomic mass is 9.78. The quantitative estimate of drug-likeness (QED) is 0.780. The third kappa shape index (κ3) is 2.75. The maximum Gasteiger partial charge on any atom is 0.377 e. The Morgan fingerprint density at radius 3 is 2.61 bits per heavy atom. The Morgan fingerprint density at radius 2 is 2.04 bits per heavy atom. The maximum absolute atomic E-state index is 14.2. The van der Waals surface area contributed by atoms with Gasteiger partial charge in [-0.3, -0.25) is 4.79 Å². The van der Waals surface area contributed by atoms with Crippen LogP contribution in [0.15, 0.2) is 18.2 Å². The molecule has 7 heteroatoms. The van der Waals surface area contributed by atoms with Crippen LogP contribution in [-0.4, -0.2) is 38.6 Å². The summed E-state index contributed by atoms with van der Waals surface area (Å²) in [5.74, 6) is -5.42. The average molecular weight is 327 g/mol. The number of anilines is 1. The molecular weight excluding hydrogens is 308 g/mol. The second-order valence-electron chi connectivity index (χ2n) is 5.68. The number of likely N-dealkylation sites (N-methyl/N-ethyl adjacent to an activating group) is 1. The number of esters is 1. The Bertz CT molecular complexity index is 647. The highest BCUT2D eigenvalue weighted by molar-refractivity contribution is 6.08. The van der Waals surface area contributed by atoms with E-state index in [1.807, 2.05) is 0 Å². The molecule has 0 aromatic heterocycles. The van der Waals surface area contributed by atoms with Gasteiger partial charge in [-0.25, -0.2) is 4.79 Å². The third-order valence-electron chi connectivity index (χ3n) is 4.09. The lowest BCUT2D eigenvalue weighted by molar-refractivity contribution is -0.174. The summed E-state index contributed by atoms with van der Waals surface area (Å²) in [4.78, 5) is 25.4. The van der Waals surface area contributed by atoms with E-state index in [9.17, 15) is 18.4 Å². The van der Waals surface area contributed by atoms with Crippen LogP contribution in [0.2, 0.25) is 0 Å². The molecule has 5 nitrogen and oxygen atoms in total. The molecule has 1 atom stereocenters. The number of rotatable bonds is 5. The first-order valence-electron chi connectivity index (χ1n) is 7.19. The van der Waals surface area contributed by atoms with Crippen LogP contribution in [-0.2, 0) is 19.7 Å². The Kier molecular flexibility index (Phi) is 4.32. The predicted molar refractivity (Wildman–Crippen MR) is 80.0 cm³/mol. The SMILES string of the molecule is CCOC(=O)C(F)(F)CC1(C)C(=O)N(C)c2ccc(OC)cc21. The minimum Gasteiger partial charge on any atom is -0.497 e. The summed E-state index contributed by atoms with van der Waals surface area (Å²) < 4.78 is 37.9. The Labute approximate surface area is 133 Å². The average Bonchev–Trinajstić information content (AvgIpc) is 2.68. The van der Waals surface area contributed by atoms with Crippen molar-refractivity contribution in [3.05, 3.63) is 23.8 Å². The van der Waals surface area contributed by atoms with E-state index in [1.54, 1.807) is 18.2 Å². The van der Waals surface area contributed by atoms with Crippen molar-refractivity contribution in [2.75, 3.05) is 25.7 Å². The molecule has 0 aliphatic carbocycles. The second kappa shape index (κ2) is 5.79. The van der Waals surface area contributed by atoms with Gasteiger partial charge >= 0.3 is 11.9 Å². The molecule has 1 aromatic rings. The summed E-state index contributed by atoms with van der Waals surface area (Å²) in [5, 5.41) is 0. The molecule has 1 unspecified atom stereocenters. The molecule has 1 aliphatic rings. The number of fused-ring (bicyclic) bond motifs is 1. The highest BCUT2D eigenvalue weighted by Crippen LogP contribution is 2.47. The van der Waals surface area contributed by atoms with Crippen LogP contribution in [0.1, 0.15) is 25.8 Å². The van der Waals surface area contributed by atoms with E-state index in [-0.39, 0.29) is 6.61 Å². The van der Waals surface area contributed by atoms with Gasteiger partial charge in [0.15, 0.2) is 0 Å². The van der Waals surface area contributed by atoms with Crippen LogP contribution in [0.25, 0.3) is 0 Å². The molecule has 0 saturated carbocycles. The molecule has 0 N–H and O–H groups in total. The van der Waals surface area contributed by atoms with Crippen molar-refractivity contribution in [2.45, 2.75) is 31.6 Å². The third-order valence-corrected chi connectivity index (χ3v) is 4.09. The lowest BCUT2D eigenvalue weighted by Crippen LogP contribution is -2.44. The summed E-state index contributed by atoms with van der Waals surface area (Å²) in [7, 11) is 2.97. The fourth-order valence-corrected chi connectivity index (χ4v) is 2.90. The van der Waals surface area contributed by atoms with Crippen LogP contribution in [0.3, 0.4) is 0 Å². The zero-order chi connectivity index (χ0) is 17.4. The zero-order valence-electron chi connectivity index (χ0n) is 13.5. The first-order chi connectivity index (χ1) is 10.7. The van der Waals surface area contributed by atoms with Gasteiger partial charge in [0, 0.05) is 19.2 Å². The normalized spacial score (nSPS) is 20.4. The van der Waals surface area contributed by atoms with Crippen molar-refractivity contribution in [1.29, 1.82) is 0 Å². The fraction of sp³-hybridized carbons (Fsp3) is 0.500. The first-order valence-corrected chi connectivity index (χ1v) is 7.19. The Hall–Kier alpha value is -2.18. The van der Waals surface area contributed by atoms with Gasteiger partial charge in [0.2, 0.25) is 5.91 Å². The topological polar surface area (TPSA) is 55.8 Å². The van der Waals surface area contributed by atoms with Gasteiger partial charge < -0.3 is 14.4 Å². The van der Waals surface area contributed by atoms with Crippen LogP contribution in [0, 0.1) is 0 Å². The minimum absolute atomic E-state index is 0.149. The molecule has 0 saturated heterocycles. The molecule has 1 aromatic carbocycles. The van der Waals surface area contributed by atoms with Crippen LogP contribution < -0.4 is 9.64 Å². The van der Waals surface area contributed by atoms with Crippen molar-refractivity contribution in [1.82, 2.24) is 0 Å². The number of amides is 1. The molecule has 126 valence electrons. The highest BCUT2D eigenvalue weighted by atomic mass is 19.3. The largest absolute Gasteiger partial charge is 0.497 e. The van der Waals surface area contributed by atoms with Gasteiger partial charge in [-0.2, -0.15) is 8.78 Å². The lowest BCUT2D eigenvalue weighted by Gasteiger charge is -2.27. The number of benzene rings is 1. The molecule has 2 rings (SSSR count). The Morgan fingerprint density at radius 1 is 1.39 bits per heavy atom. The van der Waals surface area contributed by atoms with Crippen molar-refractivity contribution >= 4 is 17.6 Å². The summed E-state index contributed by atoms with van der Waals surface area (Å²) >= 11 is 0. The summed E-state index contributed by atoms with van der Waals surface area (Å²) in [6.07, 6.45) is -0.956. The number of halogens is 2. The smallest absolute Gasteiger partial charge is 0.377 e. The monoisotopic (exact) mass is 327 g/mol. The van der Waals surface area contributed by atoms with E-state index in [2.05, 4.69) is 4.74 Å². The van der Waals surface area contributed by atoms with Gasteiger partial charge in [0.1, 0.15) is 5.75 Å². The number of methoxy groups -OCH3 is 1. The standard InChI is InChI=1S/C16H19F2NO4/c1-5-23-14(21)16(17,18)9-15(2)11-8-10(22-4)6-7-12(11)19(3)13(15)20/h6-8H,5,9H2,1-4H3. The number of nitrogens with zero attached hydrogens (tertiary/aromatic N) is 1. The van der Waals surface area contributed by atoms with Crippen LogP contribution >= 0.6 is 0 Å². The highest BCUT2D eigenvalue weighted by Gasteiger charge is 2.55. The molecular formula is C16H19F2NO4. The minimum atomic E-state index is -3.76. The van der Waals surface area contributed by atoms with Crippen LogP contribution in [0.4, 0.5) is 14.5 Å². The molecule has 23 heavy (non-hydrogen) atoms. The zero-order valence-corrected chi connectivity index (χ0v) is 13.5. The summed E-state index contributed by atoms with van der Waals surface area (Å²) in [6, 6.07) is 4.84. The van der Waals surface area contributed by atoms with Gasteiger partial charge in [0.25, 0.3) is 0 Å². The van der Waals surface area contributed by atoms with E-state index in [1.165, 1.54) is 32.9 Å². The van der Waals surface area contributed by atoms with Gasteiger partial charge in [-0.05, 0) is 37.6 Å². The molecule has 1 amide bonds. The number of ether oxygens (including phenoxy) is 2. The van der Waals surface area contributed by atoms with E-state index >= 15 is 0 Å². The molecule has 1 aliphatic heterocycles. The number of carbonyl (C=O) groups is 2. The Balaban J connectivity index is 2.45. The summed E-state index contributed by atoms with van der Waals surface area (Å²) in [5.41, 5.74) is -0.596. The van der Waals surface area contributed by atoms with Gasteiger partial charge in [-0.15, -0.1) is 0 Å². The predicted octanol–water partition coefficient (Wildman–Crippen LogP) is 2.52. The first kappa shape index (κ1) is 17.2.